The van der Waals surface area contributed by atoms with Crippen molar-refractivity contribution in [1.82, 2.24) is 0 Å². The molecule has 2 aromatic rings. The number of alkyl halides is 3. The molecule has 1 aliphatic heterocycles. The van der Waals surface area contributed by atoms with Gasteiger partial charge in [0, 0.05) is 17.9 Å². The minimum atomic E-state index is -4.38. The van der Waals surface area contributed by atoms with Crippen molar-refractivity contribution in [1.29, 1.82) is 0 Å². The molecule has 1 atom stereocenters. The number of hydrogen-bond donors (Lipinski definition) is 1. The summed E-state index contributed by atoms with van der Waals surface area (Å²) >= 11 is 0. The van der Waals surface area contributed by atoms with E-state index < -0.39 is 17.8 Å². The fraction of sp³-hybridized carbons (Fsp3) is 0.278. The summed E-state index contributed by atoms with van der Waals surface area (Å²) in [5.41, 5.74) is 1.86. The number of nitrogens with zero attached hydrogens (tertiary/aromatic N) is 1. The Morgan fingerprint density at radius 1 is 1.12 bits per heavy atom. The first-order valence-electron chi connectivity index (χ1n) is 7.69. The van der Waals surface area contributed by atoms with Gasteiger partial charge in [0.2, 0.25) is 5.91 Å². The first kappa shape index (κ1) is 16.4. The van der Waals surface area contributed by atoms with Gasteiger partial charge in [-0.1, -0.05) is 18.2 Å². The maximum absolute atomic E-state index is 12.6. The van der Waals surface area contributed by atoms with Crippen molar-refractivity contribution in [3.63, 3.8) is 0 Å². The molecule has 126 valence electrons. The van der Waals surface area contributed by atoms with E-state index in [-0.39, 0.29) is 5.91 Å². The normalized spacial score (nSPS) is 15.1. The van der Waals surface area contributed by atoms with Crippen molar-refractivity contribution in [3.05, 3.63) is 59.7 Å². The van der Waals surface area contributed by atoms with Crippen LogP contribution in [0.5, 0.6) is 0 Å². The Labute approximate surface area is 138 Å². The SMILES string of the molecule is C[C@@H](C(=O)Nc1ccc(C(F)(F)F)cc1)N1CCc2ccccc21. The van der Waals surface area contributed by atoms with Crippen LogP contribution < -0.4 is 10.2 Å². The molecule has 0 bridgehead atoms. The second-order valence-electron chi connectivity index (χ2n) is 5.81. The van der Waals surface area contributed by atoms with E-state index in [4.69, 9.17) is 0 Å². The molecule has 2 aromatic carbocycles. The van der Waals surface area contributed by atoms with Crippen LogP contribution in [0.2, 0.25) is 0 Å². The maximum atomic E-state index is 12.6. The number of halogens is 3. The van der Waals surface area contributed by atoms with Gasteiger partial charge in [0.1, 0.15) is 6.04 Å². The van der Waals surface area contributed by atoms with Crippen molar-refractivity contribution in [2.45, 2.75) is 25.6 Å². The third-order valence-corrected chi connectivity index (χ3v) is 4.25. The van der Waals surface area contributed by atoms with Gasteiger partial charge < -0.3 is 10.2 Å². The second-order valence-corrected chi connectivity index (χ2v) is 5.81. The van der Waals surface area contributed by atoms with Crippen molar-refractivity contribution >= 4 is 17.3 Å². The zero-order chi connectivity index (χ0) is 17.3. The first-order chi connectivity index (χ1) is 11.4. The Morgan fingerprint density at radius 3 is 2.46 bits per heavy atom. The van der Waals surface area contributed by atoms with Crippen LogP contribution >= 0.6 is 0 Å². The molecule has 3 rings (SSSR count). The molecule has 1 N–H and O–H groups in total. The highest BCUT2D eigenvalue weighted by atomic mass is 19.4. The van der Waals surface area contributed by atoms with Crippen LogP contribution in [0.4, 0.5) is 24.5 Å². The lowest BCUT2D eigenvalue weighted by Gasteiger charge is -2.26. The maximum Gasteiger partial charge on any atom is 0.416 e. The molecule has 6 heteroatoms. The molecule has 0 aromatic heterocycles. The average Bonchev–Trinajstić information content (AvgIpc) is 2.97. The number of carbonyl (C=O) groups is 1. The van der Waals surface area contributed by atoms with Gasteiger partial charge in [0.25, 0.3) is 0 Å². The van der Waals surface area contributed by atoms with Crippen LogP contribution in [0.25, 0.3) is 0 Å². The largest absolute Gasteiger partial charge is 0.416 e. The van der Waals surface area contributed by atoms with Gasteiger partial charge in [0.05, 0.1) is 5.56 Å². The fourth-order valence-electron chi connectivity index (χ4n) is 2.90. The molecular formula is C18H17F3N2O. The van der Waals surface area contributed by atoms with Crippen LogP contribution in [0.15, 0.2) is 48.5 Å². The van der Waals surface area contributed by atoms with E-state index in [0.717, 1.165) is 30.8 Å². The van der Waals surface area contributed by atoms with Gasteiger partial charge in [-0.2, -0.15) is 13.2 Å². The Kier molecular flexibility index (Phi) is 4.22. The molecule has 0 fully saturated rings. The Balaban J connectivity index is 1.69. The molecule has 0 saturated carbocycles. The summed E-state index contributed by atoms with van der Waals surface area (Å²) in [6.07, 6.45) is -3.50. The lowest BCUT2D eigenvalue weighted by molar-refractivity contribution is -0.137. The van der Waals surface area contributed by atoms with Gasteiger partial charge in [-0.25, -0.2) is 0 Å². The van der Waals surface area contributed by atoms with Crippen molar-refractivity contribution in [3.8, 4) is 0 Å². The number of anilines is 2. The van der Waals surface area contributed by atoms with E-state index in [0.29, 0.717) is 5.69 Å². The number of amides is 1. The smallest absolute Gasteiger partial charge is 0.359 e. The zero-order valence-corrected chi connectivity index (χ0v) is 13.1. The molecule has 0 aliphatic carbocycles. The highest BCUT2D eigenvalue weighted by Gasteiger charge is 2.30. The molecule has 3 nitrogen and oxygen atoms in total. The fourth-order valence-corrected chi connectivity index (χ4v) is 2.90. The molecule has 0 saturated heterocycles. The third-order valence-electron chi connectivity index (χ3n) is 4.25. The third kappa shape index (κ3) is 3.22. The number of fused-ring (bicyclic) bond motifs is 1. The molecule has 0 spiro atoms. The first-order valence-corrected chi connectivity index (χ1v) is 7.69. The number of para-hydroxylation sites is 1. The summed E-state index contributed by atoms with van der Waals surface area (Å²) in [6.45, 7) is 2.54. The van der Waals surface area contributed by atoms with Crippen LogP contribution in [0.3, 0.4) is 0 Å². The number of benzene rings is 2. The molecule has 1 aliphatic rings. The quantitative estimate of drug-likeness (QED) is 0.917. The lowest BCUT2D eigenvalue weighted by atomic mass is 10.1. The topological polar surface area (TPSA) is 32.3 Å². The number of rotatable bonds is 3. The predicted molar refractivity (Wildman–Crippen MR) is 87.0 cm³/mol. The molecule has 24 heavy (non-hydrogen) atoms. The number of nitrogens with one attached hydrogen (secondary N) is 1. The predicted octanol–water partition coefficient (Wildman–Crippen LogP) is 4.10. The highest BCUT2D eigenvalue weighted by Crippen LogP contribution is 2.31. The van der Waals surface area contributed by atoms with E-state index in [9.17, 15) is 18.0 Å². The average molecular weight is 334 g/mol. The van der Waals surface area contributed by atoms with E-state index in [1.54, 1.807) is 6.92 Å². The second kappa shape index (κ2) is 6.19. The van der Waals surface area contributed by atoms with Gasteiger partial charge in [-0.15, -0.1) is 0 Å². The van der Waals surface area contributed by atoms with Crippen LogP contribution in [-0.4, -0.2) is 18.5 Å². The van der Waals surface area contributed by atoms with Crippen molar-refractivity contribution < 1.29 is 18.0 Å². The van der Waals surface area contributed by atoms with Gasteiger partial charge >= 0.3 is 6.18 Å². The molecular weight excluding hydrogens is 317 g/mol. The molecule has 1 heterocycles. The summed E-state index contributed by atoms with van der Waals surface area (Å²) in [5, 5.41) is 2.68. The molecule has 1 amide bonds. The van der Waals surface area contributed by atoms with Gasteiger partial charge in [-0.05, 0) is 49.2 Å². The van der Waals surface area contributed by atoms with E-state index in [2.05, 4.69) is 5.32 Å². The number of carbonyl (C=O) groups excluding carboxylic acids is 1. The summed E-state index contributed by atoms with van der Waals surface area (Å²) < 4.78 is 37.7. The van der Waals surface area contributed by atoms with Crippen LogP contribution in [0, 0.1) is 0 Å². The van der Waals surface area contributed by atoms with Gasteiger partial charge in [-0.3, -0.25) is 4.79 Å². The van der Waals surface area contributed by atoms with Gasteiger partial charge in [0.15, 0.2) is 0 Å². The van der Waals surface area contributed by atoms with Crippen LogP contribution in [0.1, 0.15) is 18.1 Å². The monoisotopic (exact) mass is 334 g/mol. The van der Waals surface area contributed by atoms with Crippen molar-refractivity contribution in [2.75, 3.05) is 16.8 Å². The van der Waals surface area contributed by atoms with E-state index in [1.807, 2.05) is 29.2 Å². The standard InChI is InChI=1S/C18H17F3N2O/c1-12(23-11-10-13-4-2-3-5-16(13)23)17(24)22-15-8-6-14(7-9-15)18(19,20)21/h2-9,12H,10-11H2,1H3,(H,22,24)/t12-/m0/s1. The number of hydrogen-bond acceptors (Lipinski definition) is 2. The summed E-state index contributed by atoms with van der Waals surface area (Å²) in [6, 6.07) is 12.0. The van der Waals surface area contributed by atoms with E-state index in [1.165, 1.54) is 17.7 Å². The molecule has 0 unspecified atom stereocenters. The Hall–Kier alpha value is -2.50. The minimum Gasteiger partial charge on any atom is -0.359 e. The van der Waals surface area contributed by atoms with Crippen LogP contribution in [-0.2, 0) is 17.4 Å². The minimum absolute atomic E-state index is 0.244. The Morgan fingerprint density at radius 2 is 1.79 bits per heavy atom. The van der Waals surface area contributed by atoms with Crippen molar-refractivity contribution in [2.24, 2.45) is 0 Å². The highest BCUT2D eigenvalue weighted by molar-refractivity contribution is 5.97. The van der Waals surface area contributed by atoms with E-state index >= 15 is 0 Å². The zero-order valence-electron chi connectivity index (χ0n) is 13.1. The lowest BCUT2D eigenvalue weighted by Crippen LogP contribution is -2.41. The Bertz CT molecular complexity index is 741. The summed E-state index contributed by atoms with van der Waals surface area (Å²) in [4.78, 5) is 14.4. The summed E-state index contributed by atoms with van der Waals surface area (Å²) in [7, 11) is 0. The summed E-state index contributed by atoms with van der Waals surface area (Å²) in [5.74, 6) is -0.244. The molecule has 0 radical (unpaired) electrons.